The number of carbonyl (C=O) groups is 1. The van der Waals surface area contributed by atoms with Crippen molar-refractivity contribution in [1.82, 2.24) is 10.2 Å². The third kappa shape index (κ3) is 4.19. The van der Waals surface area contributed by atoms with Gasteiger partial charge in [0.2, 0.25) is 5.91 Å². The van der Waals surface area contributed by atoms with Gasteiger partial charge in [-0.15, -0.1) is 0 Å². The molecule has 21 heavy (non-hydrogen) atoms. The monoisotopic (exact) mass is 294 g/mol. The molecule has 3 atom stereocenters. The highest BCUT2D eigenvalue weighted by atomic mass is 16.3. The van der Waals surface area contributed by atoms with E-state index < -0.39 is 0 Å². The van der Waals surface area contributed by atoms with Crippen molar-refractivity contribution in [2.24, 2.45) is 11.8 Å². The zero-order valence-corrected chi connectivity index (χ0v) is 13.3. The molecule has 2 N–H and O–H groups in total. The number of rotatable bonds is 5. The van der Waals surface area contributed by atoms with Gasteiger partial charge >= 0.3 is 0 Å². The predicted molar refractivity (Wildman–Crippen MR) is 82.9 cm³/mol. The van der Waals surface area contributed by atoms with Crippen molar-refractivity contribution in [3.8, 4) is 0 Å². The molecule has 0 spiro atoms. The van der Waals surface area contributed by atoms with Crippen LogP contribution in [0.1, 0.15) is 58.3 Å². The molecule has 2 saturated carbocycles. The van der Waals surface area contributed by atoms with Crippen molar-refractivity contribution >= 4 is 5.91 Å². The fourth-order valence-corrected chi connectivity index (χ4v) is 4.19. The van der Waals surface area contributed by atoms with E-state index in [9.17, 15) is 9.90 Å². The van der Waals surface area contributed by atoms with E-state index in [4.69, 9.17) is 0 Å². The van der Waals surface area contributed by atoms with Gasteiger partial charge < -0.3 is 15.3 Å². The lowest BCUT2D eigenvalue weighted by Gasteiger charge is -2.39. The Hall–Kier alpha value is -0.610. The van der Waals surface area contributed by atoms with Crippen LogP contribution in [0, 0.1) is 11.8 Å². The fraction of sp³-hybridized carbons (Fsp3) is 0.941. The quantitative estimate of drug-likeness (QED) is 0.814. The topological polar surface area (TPSA) is 52.6 Å². The summed E-state index contributed by atoms with van der Waals surface area (Å²) < 4.78 is 0. The maximum Gasteiger partial charge on any atom is 0.219 e. The summed E-state index contributed by atoms with van der Waals surface area (Å²) in [6.07, 6.45) is 9.46. The molecule has 1 saturated heterocycles. The predicted octanol–water partition coefficient (Wildman–Crippen LogP) is 1.92. The fourth-order valence-electron chi connectivity index (χ4n) is 4.19. The van der Waals surface area contributed by atoms with Crippen LogP contribution in [0.25, 0.3) is 0 Å². The second-order valence-corrected chi connectivity index (χ2v) is 7.51. The number of aliphatic hydroxyl groups excluding tert-OH is 1. The van der Waals surface area contributed by atoms with Crippen LogP contribution in [0.5, 0.6) is 0 Å². The van der Waals surface area contributed by atoms with E-state index in [-0.39, 0.29) is 12.0 Å². The number of likely N-dealkylation sites (tertiary alicyclic amines) is 1. The first kappa shape index (κ1) is 15.3. The van der Waals surface area contributed by atoms with Gasteiger partial charge in [-0.1, -0.05) is 12.8 Å². The second kappa shape index (κ2) is 6.66. The molecule has 0 radical (unpaired) electrons. The highest BCUT2D eigenvalue weighted by Gasteiger charge is 2.35. The van der Waals surface area contributed by atoms with Crippen LogP contribution in [0.4, 0.5) is 0 Å². The molecular weight excluding hydrogens is 264 g/mol. The Kier molecular flexibility index (Phi) is 4.85. The van der Waals surface area contributed by atoms with E-state index in [2.05, 4.69) is 5.32 Å². The molecule has 3 fully saturated rings. The molecule has 4 nitrogen and oxygen atoms in total. The summed E-state index contributed by atoms with van der Waals surface area (Å²) in [6, 6.07) is 1.07. The summed E-state index contributed by atoms with van der Waals surface area (Å²) in [5.74, 6) is 1.18. The summed E-state index contributed by atoms with van der Waals surface area (Å²) >= 11 is 0. The number of hydrogen-bond donors (Lipinski definition) is 2. The zero-order valence-electron chi connectivity index (χ0n) is 13.3. The Bertz CT molecular complexity index is 352. The van der Waals surface area contributed by atoms with Gasteiger partial charge in [0.25, 0.3) is 0 Å². The molecule has 3 aliphatic rings. The summed E-state index contributed by atoms with van der Waals surface area (Å²) in [5, 5.41) is 14.0. The Morgan fingerprint density at radius 1 is 1.19 bits per heavy atom. The largest absolute Gasteiger partial charge is 0.393 e. The first-order valence-corrected chi connectivity index (χ1v) is 8.81. The van der Waals surface area contributed by atoms with Gasteiger partial charge in [0.05, 0.1) is 6.10 Å². The standard InChI is InChI=1S/C17H30N2O2/c1-12(20)19-10-13(9-17(21)14-6-7-14)8-16(11-19)18-15-4-2-3-5-15/h13-18,21H,2-11H2,1H3. The minimum absolute atomic E-state index is 0.144. The summed E-state index contributed by atoms with van der Waals surface area (Å²) in [7, 11) is 0. The van der Waals surface area contributed by atoms with E-state index in [1.165, 1.54) is 38.5 Å². The first-order chi connectivity index (χ1) is 10.1. The van der Waals surface area contributed by atoms with E-state index in [0.717, 1.165) is 25.9 Å². The van der Waals surface area contributed by atoms with Crippen LogP contribution in [0.3, 0.4) is 0 Å². The third-order valence-corrected chi connectivity index (χ3v) is 5.55. The lowest BCUT2D eigenvalue weighted by Crippen LogP contribution is -2.53. The number of carbonyl (C=O) groups excluding carboxylic acids is 1. The van der Waals surface area contributed by atoms with Crippen molar-refractivity contribution in [1.29, 1.82) is 0 Å². The van der Waals surface area contributed by atoms with Crippen LogP contribution >= 0.6 is 0 Å². The molecule has 120 valence electrons. The molecule has 1 heterocycles. The Morgan fingerprint density at radius 3 is 2.52 bits per heavy atom. The van der Waals surface area contributed by atoms with Gasteiger partial charge in [-0.25, -0.2) is 0 Å². The van der Waals surface area contributed by atoms with Crippen LogP contribution in [-0.2, 0) is 4.79 Å². The van der Waals surface area contributed by atoms with Gasteiger partial charge in [-0.2, -0.15) is 0 Å². The van der Waals surface area contributed by atoms with Crippen LogP contribution < -0.4 is 5.32 Å². The van der Waals surface area contributed by atoms with Gasteiger partial charge in [-0.05, 0) is 50.4 Å². The summed E-state index contributed by atoms with van der Waals surface area (Å²) in [4.78, 5) is 13.8. The van der Waals surface area contributed by atoms with E-state index in [1.807, 2.05) is 4.90 Å². The van der Waals surface area contributed by atoms with Crippen molar-refractivity contribution in [3.63, 3.8) is 0 Å². The van der Waals surface area contributed by atoms with E-state index in [0.29, 0.717) is 23.9 Å². The molecule has 0 aromatic rings. The van der Waals surface area contributed by atoms with Crippen LogP contribution in [-0.4, -0.2) is 47.2 Å². The number of piperidine rings is 1. The van der Waals surface area contributed by atoms with Crippen molar-refractivity contribution in [2.45, 2.75) is 76.5 Å². The minimum Gasteiger partial charge on any atom is -0.393 e. The molecule has 1 aliphatic heterocycles. The smallest absolute Gasteiger partial charge is 0.219 e. The van der Waals surface area contributed by atoms with E-state index in [1.54, 1.807) is 6.92 Å². The maximum absolute atomic E-state index is 11.8. The van der Waals surface area contributed by atoms with Gasteiger partial charge in [0.1, 0.15) is 0 Å². The highest BCUT2D eigenvalue weighted by Crippen LogP contribution is 2.36. The number of hydrogen-bond acceptors (Lipinski definition) is 3. The van der Waals surface area contributed by atoms with Gasteiger partial charge in [0.15, 0.2) is 0 Å². The molecule has 0 aromatic heterocycles. The molecule has 4 heteroatoms. The minimum atomic E-state index is -0.144. The number of aliphatic hydroxyl groups is 1. The number of nitrogens with one attached hydrogen (secondary N) is 1. The average Bonchev–Trinajstić information content (AvgIpc) is 3.18. The Labute approximate surface area is 128 Å². The zero-order chi connectivity index (χ0) is 14.8. The SMILES string of the molecule is CC(=O)N1CC(CC(O)C2CC2)CC(NC2CCCC2)C1. The molecule has 0 aromatic carbocycles. The first-order valence-electron chi connectivity index (χ1n) is 8.81. The van der Waals surface area contributed by atoms with Crippen LogP contribution in [0.2, 0.25) is 0 Å². The van der Waals surface area contributed by atoms with Gasteiger partial charge in [-0.3, -0.25) is 4.79 Å². The van der Waals surface area contributed by atoms with Crippen molar-refractivity contribution in [2.75, 3.05) is 13.1 Å². The molecule has 0 bridgehead atoms. The average molecular weight is 294 g/mol. The summed E-state index contributed by atoms with van der Waals surface area (Å²) in [6.45, 7) is 3.36. The third-order valence-electron chi connectivity index (χ3n) is 5.55. The molecule has 3 unspecified atom stereocenters. The molecule has 2 aliphatic carbocycles. The lowest BCUT2D eigenvalue weighted by molar-refractivity contribution is -0.131. The van der Waals surface area contributed by atoms with Gasteiger partial charge in [0, 0.05) is 32.1 Å². The summed E-state index contributed by atoms with van der Waals surface area (Å²) in [5.41, 5.74) is 0. The Morgan fingerprint density at radius 2 is 1.90 bits per heavy atom. The molecule has 3 rings (SSSR count). The number of nitrogens with zero attached hydrogens (tertiary/aromatic N) is 1. The van der Waals surface area contributed by atoms with Crippen LogP contribution in [0.15, 0.2) is 0 Å². The highest BCUT2D eigenvalue weighted by molar-refractivity contribution is 5.73. The molecular formula is C17H30N2O2. The second-order valence-electron chi connectivity index (χ2n) is 7.51. The normalized spacial score (nSPS) is 32.4. The lowest BCUT2D eigenvalue weighted by atomic mass is 9.88. The van der Waals surface area contributed by atoms with E-state index >= 15 is 0 Å². The Balaban J connectivity index is 1.55. The molecule has 1 amide bonds. The van der Waals surface area contributed by atoms with Crippen molar-refractivity contribution in [3.05, 3.63) is 0 Å². The van der Waals surface area contributed by atoms with Crippen molar-refractivity contribution < 1.29 is 9.90 Å². The number of amides is 1. The maximum atomic E-state index is 11.8.